The number of aliphatic hydroxyl groups is 1. The minimum atomic E-state index is -0.710. The third kappa shape index (κ3) is 5.10. The van der Waals surface area contributed by atoms with Crippen LogP contribution in [0.4, 0.5) is 5.69 Å². The second-order valence-electron chi connectivity index (χ2n) is 11.6. The summed E-state index contributed by atoms with van der Waals surface area (Å²) in [5.74, 6) is -1.85. The molecule has 1 N–H and O–H groups in total. The molecule has 3 heterocycles. The lowest BCUT2D eigenvalue weighted by Gasteiger charge is -2.37. The zero-order chi connectivity index (χ0) is 29.2. The minimum Gasteiger partial charge on any atom is -0.465 e. The molecule has 0 aliphatic carbocycles. The lowest BCUT2D eigenvalue weighted by molar-refractivity contribution is -0.155. The maximum Gasteiger partial charge on any atom is 0.311 e. The summed E-state index contributed by atoms with van der Waals surface area (Å²) in [6.45, 7) is 10.7. The lowest BCUT2D eigenvalue weighted by atomic mass is 9.66. The summed E-state index contributed by atoms with van der Waals surface area (Å²) in [5.41, 5.74) is 0.755. The topological polar surface area (TPSA) is 87.1 Å². The van der Waals surface area contributed by atoms with Gasteiger partial charge in [-0.25, -0.2) is 0 Å². The molecular weight excluding hydrogens is 536 g/mol. The van der Waals surface area contributed by atoms with Crippen LogP contribution in [0.2, 0.25) is 0 Å². The Kier molecular flexibility index (Phi) is 8.62. The van der Waals surface area contributed by atoms with E-state index in [-0.39, 0.29) is 31.0 Å². The number of carbonyl (C=O) groups is 3. The number of fused-ring (bicyclic) bond motifs is 2. The zero-order valence-corrected chi connectivity index (χ0v) is 24.6. The monoisotopic (exact) mass is 576 g/mol. The van der Waals surface area contributed by atoms with Crippen LogP contribution < -0.4 is 4.90 Å². The summed E-state index contributed by atoms with van der Waals surface area (Å²) in [6, 6.07) is 13.3. The molecule has 2 aromatic carbocycles. The Hall–Kier alpha value is -3.10. The first-order chi connectivity index (χ1) is 19.8. The Morgan fingerprint density at radius 3 is 2.63 bits per heavy atom. The Bertz CT molecular complexity index is 1350. The van der Waals surface area contributed by atoms with Crippen LogP contribution in [-0.4, -0.2) is 69.6 Å². The number of unbranched alkanes of at least 4 members (excludes halogenated alkanes) is 2. The molecule has 0 aromatic heterocycles. The molecule has 3 fully saturated rings. The number of likely N-dealkylation sites (tertiary alicyclic amines) is 1. The molecule has 0 radical (unpaired) electrons. The van der Waals surface area contributed by atoms with E-state index in [4.69, 9.17) is 4.74 Å². The van der Waals surface area contributed by atoms with Gasteiger partial charge in [0, 0.05) is 30.1 Å². The third-order valence-electron chi connectivity index (χ3n) is 9.01. The Labute approximate surface area is 246 Å². The smallest absolute Gasteiger partial charge is 0.311 e. The van der Waals surface area contributed by atoms with E-state index in [1.807, 2.05) is 42.5 Å². The largest absolute Gasteiger partial charge is 0.465 e. The van der Waals surface area contributed by atoms with Crippen LogP contribution in [-0.2, 0) is 19.1 Å². The quantitative estimate of drug-likeness (QED) is 0.202. The molecule has 5 atom stereocenters. The van der Waals surface area contributed by atoms with Crippen molar-refractivity contribution in [3.63, 3.8) is 0 Å². The summed E-state index contributed by atoms with van der Waals surface area (Å²) in [6.07, 6.45) is 7.45. The molecule has 5 rings (SSSR count). The Balaban J connectivity index is 1.53. The molecule has 41 heavy (non-hydrogen) atoms. The number of anilines is 1. The number of aliphatic hydroxyl groups excluding tert-OH is 1. The van der Waals surface area contributed by atoms with Crippen molar-refractivity contribution in [3.8, 4) is 0 Å². The molecular formula is C33H40N2O5S. The predicted molar refractivity (Wildman–Crippen MR) is 164 cm³/mol. The van der Waals surface area contributed by atoms with E-state index in [0.717, 1.165) is 29.3 Å². The van der Waals surface area contributed by atoms with Crippen LogP contribution in [0.3, 0.4) is 0 Å². The van der Waals surface area contributed by atoms with E-state index < -0.39 is 27.4 Å². The first-order valence-corrected chi connectivity index (χ1v) is 15.4. The first kappa shape index (κ1) is 29.4. The number of hydrogen-bond donors (Lipinski definition) is 1. The van der Waals surface area contributed by atoms with Crippen LogP contribution in [0, 0.1) is 11.8 Å². The molecule has 7 nitrogen and oxygen atoms in total. The summed E-state index contributed by atoms with van der Waals surface area (Å²) in [5, 5.41) is 11.4. The van der Waals surface area contributed by atoms with Crippen molar-refractivity contribution in [1.82, 2.24) is 4.90 Å². The maximum absolute atomic E-state index is 14.7. The molecule has 218 valence electrons. The highest BCUT2D eigenvalue weighted by Gasteiger charge is 2.77. The van der Waals surface area contributed by atoms with Gasteiger partial charge < -0.3 is 19.6 Å². The highest BCUT2D eigenvalue weighted by Crippen LogP contribution is 2.71. The highest BCUT2D eigenvalue weighted by atomic mass is 32.2. The average molecular weight is 577 g/mol. The van der Waals surface area contributed by atoms with Crippen LogP contribution in [0.25, 0.3) is 10.8 Å². The second kappa shape index (κ2) is 12.0. The predicted octanol–water partition coefficient (Wildman–Crippen LogP) is 5.12. The standard InChI is InChI=1S/C33H40N2O5S/c1-4-6-21-40-31(39)27-26-29(37)35(19-10-7-11-20-36)28(33(26)17-16-32(27,3)41-33)30(38)34(18-5-2)25-15-14-23-12-8-9-13-24(23)22-25/h4-5,8-9,12-15,22,26-28,36H,1-2,6-7,10-11,16-21H2,3H3/t26-,27-,28?,32+,33?/m0/s1. The number of hydrogen-bond acceptors (Lipinski definition) is 6. The van der Waals surface area contributed by atoms with E-state index in [1.54, 1.807) is 33.7 Å². The van der Waals surface area contributed by atoms with E-state index in [0.29, 0.717) is 38.8 Å². The molecule has 3 saturated heterocycles. The summed E-state index contributed by atoms with van der Waals surface area (Å²) < 4.78 is 4.46. The van der Waals surface area contributed by atoms with Gasteiger partial charge >= 0.3 is 5.97 Å². The fraction of sp³-hybridized carbons (Fsp3) is 0.485. The van der Waals surface area contributed by atoms with Gasteiger partial charge in [-0.05, 0) is 68.4 Å². The van der Waals surface area contributed by atoms with Crippen LogP contribution in [0.1, 0.15) is 45.4 Å². The van der Waals surface area contributed by atoms with Gasteiger partial charge in [0.1, 0.15) is 6.04 Å². The number of nitrogens with zero attached hydrogens (tertiary/aromatic N) is 2. The number of rotatable bonds is 13. The molecule has 3 aliphatic rings. The second-order valence-corrected chi connectivity index (χ2v) is 13.5. The van der Waals surface area contributed by atoms with Crippen molar-refractivity contribution < 1.29 is 24.2 Å². The van der Waals surface area contributed by atoms with Crippen molar-refractivity contribution in [2.45, 2.75) is 61.0 Å². The summed E-state index contributed by atoms with van der Waals surface area (Å²) in [4.78, 5) is 46.0. The van der Waals surface area contributed by atoms with Gasteiger partial charge in [-0.2, -0.15) is 0 Å². The van der Waals surface area contributed by atoms with Crippen molar-refractivity contribution in [2.75, 3.05) is 31.2 Å². The van der Waals surface area contributed by atoms with Crippen LogP contribution in [0.5, 0.6) is 0 Å². The minimum absolute atomic E-state index is 0.0881. The molecule has 2 amide bonds. The molecule has 1 spiro atoms. The van der Waals surface area contributed by atoms with Gasteiger partial charge in [-0.15, -0.1) is 24.9 Å². The Morgan fingerprint density at radius 2 is 1.90 bits per heavy atom. The molecule has 0 saturated carbocycles. The molecule has 2 aromatic rings. The van der Waals surface area contributed by atoms with Gasteiger partial charge in [0.25, 0.3) is 5.91 Å². The van der Waals surface area contributed by atoms with Crippen molar-refractivity contribution >= 4 is 46.0 Å². The maximum atomic E-state index is 14.7. The van der Waals surface area contributed by atoms with Crippen molar-refractivity contribution in [3.05, 3.63) is 67.8 Å². The normalized spacial score (nSPS) is 28.1. The van der Waals surface area contributed by atoms with Gasteiger partial charge in [0.05, 0.1) is 23.2 Å². The average Bonchev–Trinajstić information content (AvgIpc) is 3.54. The molecule has 2 unspecified atom stereocenters. The third-order valence-corrected chi connectivity index (χ3v) is 11.0. The highest BCUT2D eigenvalue weighted by molar-refractivity contribution is 8.02. The number of amides is 2. The molecule has 2 bridgehead atoms. The first-order valence-electron chi connectivity index (χ1n) is 14.6. The lowest BCUT2D eigenvalue weighted by Crippen LogP contribution is -2.55. The van der Waals surface area contributed by atoms with Crippen LogP contribution >= 0.6 is 11.8 Å². The van der Waals surface area contributed by atoms with Crippen molar-refractivity contribution in [1.29, 1.82) is 0 Å². The van der Waals surface area contributed by atoms with E-state index in [2.05, 4.69) is 20.1 Å². The van der Waals surface area contributed by atoms with Gasteiger partial charge in [0.15, 0.2) is 0 Å². The van der Waals surface area contributed by atoms with Crippen molar-refractivity contribution in [2.24, 2.45) is 11.8 Å². The van der Waals surface area contributed by atoms with Gasteiger partial charge in [-0.1, -0.05) is 42.5 Å². The van der Waals surface area contributed by atoms with E-state index >= 15 is 0 Å². The number of ether oxygens (including phenoxy) is 1. The number of benzene rings is 2. The van der Waals surface area contributed by atoms with Gasteiger partial charge in [-0.3, -0.25) is 14.4 Å². The number of esters is 1. The summed E-state index contributed by atoms with van der Waals surface area (Å²) in [7, 11) is 0. The zero-order valence-electron chi connectivity index (χ0n) is 23.8. The van der Waals surface area contributed by atoms with E-state index in [1.165, 1.54) is 0 Å². The number of thioether (sulfide) groups is 1. The fourth-order valence-electron chi connectivity index (χ4n) is 7.15. The summed E-state index contributed by atoms with van der Waals surface area (Å²) >= 11 is 1.65. The van der Waals surface area contributed by atoms with Gasteiger partial charge in [0.2, 0.25) is 5.91 Å². The molecule has 3 aliphatic heterocycles. The SMILES string of the molecule is C=CCCOC(=O)[C@@H]1[C@H]2C(=O)N(CCCCCO)C(C(=O)N(CC=C)c3ccc4ccccc4c3)C23CC[C@@]1(C)S3. The number of carbonyl (C=O) groups excluding carboxylic acids is 3. The molecule has 8 heteroatoms. The van der Waals surface area contributed by atoms with Crippen LogP contribution in [0.15, 0.2) is 67.8 Å². The fourth-order valence-corrected chi connectivity index (χ4v) is 9.49. The van der Waals surface area contributed by atoms with E-state index in [9.17, 15) is 19.5 Å². The Morgan fingerprint density at radius 1 is 1.12 bits per heavy atom.